The number of hydrogen-bond acceptors (Lipinski definition) is 3. The molecule has 0 aliphatic carbocycles. The van der Waals surface area contributed by atoms with Gasteiger partial charge in [-0.1, -0.05) is 0 Å². The Morgan fingerprint density at radius 3 is 2.88 bits per heavy atom. The maximum atomic E-state index is 11.9. The Kier molecular flexibility index (Phi) is 8.56. The summed E-state index contributed by atoms with van der Waals surface area (Å²) >= 11 is 0. The van der Waals surface area contributed by atoms with Gasteiger partial charge in [0, 0.05) is 31.7 Å². The molecule has 1 unspecified atom stereocenters. The average molecular weight is 265 g/mol. The van der Waals surface area contributed by atoms with Crippen molar-refractivity contribution >= 4 is 18.3 Å². The zero-order valence-electron chi connectivity index (χ0n) is 11.0. The van der Waals surface area contributed by atoms with Crippen molar-refractivity contribution < 1.29 is 9.53 Å². The monoisotopic (exact) mass is 264 g/mol. The number of rotatable bonds is 5. The van der Waals surface area contributed by atoms with E-state index in [1.807, 2.05) is 6.92 Å². The minimum absolute atomic E-state index is 0. The number of amides is 1. The Bertz CT molecular complexity index is 227. The SMILES string of the molecule is COCCC(C)NC(=O)[C@H]1CCN[C@@H](C)C1.Cl. The smallest absolute Gasteiger partial charge is 0.223 e. The summed E-state index contributed by atoms with van der Waals surface area (Å²) in [5.41, 5.74) is 0. The van der Waals surface area contributed by atoms with Gasteiger partial charge in [0.05, 0.1) is 0 Å². The molecule has 0 radical (unpaired) electrons. The largest absolute Gasteiger partial charge is 0.385 e. The summed E-state index contributed by atoms with van der Waals surface area (Å²) in [4.78, 5) is 11.9. The molecule has 0 aromatic heterocycles. The Labute approximate surface area is 110 Å². The summed E-state index contributed by atoms with van der Waals surface area (Å²) < 4.78 is 5.00. The van der Waals surface area contributed by atoms with E-state index in [1.165, 1.54) is 0 Å². The molecule has 1 amide bonds. The molecule has 0 bridgehead atoms. The van der Waals surface area contributed by atoms with Crippen LogP contribution in [0.1, 0.15) is 33.1 Å². The summed E-state index contributed by atoms with van der Waals surface area (Å²) in [7, 11) is 1.68. The highest BCUT2D eigenvalue weighted by Crippen LogP contribution is 2.16. The van der Waals surface area contributed by atoms with Crippen LogP contribution >= 0.6 is 12.4 Å². The van der Waals surface area contributed by atoms with Gasteiger partial charge in [-0.25, -0.2) is 0 Å². The van der Waals surface area contributed by atoms with E-state index in [0.717, 1.165) is 25.8 Å². The lowest BCUT2D eigenvalue weighted by Crippen LogP contribution is -2.44. The first-order chi connectivity index (χ1) is 7.63. The zero-order chi connectivity index (χ0) is 12.0. The van der Waals surface area contributed by atoms with Crippen molar-refractivity contribution in [3.05, 3.63) is 0 Å². The first-order valence-corrected chi connectivity index (χ1v) is 6.16. The molecule has 0 spiro atoms. The highest BCUT2D eigenvalue weighted by atomic mass is 35.5. The summed E-state index contributed by atoms with van der Waals surface area (Å²) in [6.45, 7) is 5.81. The van der Waals surface area contributed by atoms with Crippen LogP contribution in [0, 0.1) is 5.92 Å². The average Bonchev–Trinajstić information content (AvgIpc) is 2.26. The van der Waals surface area contributed by atoms with Crippen molar-refractivity contribution in [3.63, 3.8) is 0 Å². The predicted octanol–water partition coefficient (Wildman–Crippen LogP) is 1.34. The molecule has 0 aromatic carbocycles. The molecule has 0 aromatic rings. The fraction of sp³-hybridized carbons (Fsp3) is 0.917. The molecule has 1 rings (SSSR count). The van der Waals surface area contributed by atoms with Gasteiger partial charge in [0.2, 0.25) is 5.91 Å². The first-order valence-electron chi connectivity index (χ1n) is 6.16. The van der Waals surface area contributed by atoms with E-state index in [4.69, 9.17) is 4.74 Å². The van der Waals surface area contributed by atoms with Gasteiger partial charge in [0.25, 0.3) is 0 Å². The number of halogens is 1. The van der Waals surface area contributed by atoms with Crippen molar-refractivity contribution in [2.24, 2.45) is 5.92 Å². The molecule has 102 valence electrons. The van der Waals surface area contributed by atoms with Crippen LogP contribution in [0.15, 0.2) is 0 Å². The Morgan fingerprint density at radius 1 is 1.59 bits per heavy atom. The van der Waals surface area contributed by atoms with Crippen molar-refractivity contribution in [1.82, 2.24) is 10.6 Å². The number of carbonyl (C=O) groups is 1. The molecule has 1 aliphatic rings. The minimum atomic E-state index is 0. The van der Waals surface area contributed by atoms with Crippen LogP contribution < -0.4 is 10.6 Å². The lowest BCUT2D eigenvalue weighted by Gasteiger charge is -2.28. The second kappa shape index (κ2) is 8.72. The number of hydrogen-bond donors (Lipinski definition) is 2. The van der Waals surface area contributed by atoms with Gasteiger partial charge in [-0.3, -0.25) is 4.79 Å². The number of methoxy groups -OCH3 is 1. The summed E-state index contributed by atoms with van der Waals surface area (Å²) in [6.07, 6.45) is 2.78. The highest BCUT2D eigenvalue weighted by molar-refractivity contribution is 5.85. The van der Waals surface area contributed by atoms with Crippen LogP contribution in [0.3, 0.4) is 0 Å². The first kappa shape index (κ1) is 16.7. The Morgan fingerprint density at radius 2 is 2.29 bits per heavy atom. The topological polar surface area (TPSA) is 50.4 Å². The van der Waals surface area contributed by atoms with Crippen LogP contribution in [-0.4, -0.2) is 38.3 Å². The van der Waals surface area contributed by atoms with E-state index in [0.29, 0.717) is 12.6 Å². The number of carbonyl (C=O) groups excluding carboxylic acids is 1. The Balaban J connectivity index is 0.00000256. The van der Waals surface area contributed by atoms with E-state index in [2.05, 4.69) is 17.6 Å². The third kappa shape index (κ3) is 6.24. The molecule has 17 heavy (non-hydrogen) atoms. The highest BCUT2D eigenvalue weighted by Gasteiger charge is 2.25. The van der Waals surface area contributed by atoms with Crippen molar-refractivity contribution in [2.45, 2.75) is 45.2 Å². The van der Waals surface area contributed by atoms with Crippen molar-refractivity contribution in [2.75, 3.05) is 20.3 Å². The molecule has 4 nitrogen and oxygen atoms in total. The number of nitrogens with one attached hydrogen (secondary N) is 2. The Hall–Kier alpha value is -0.320. The molecule has 1 heterocycles. The molecular weight excluding hydrogens is 240 g/mol. The summed E-state index contributed by atoms with van der Waals surface area (Å²) in [6, 6.07) is 0.663. The normalized spacial score (nSPS) is 25.8. The standard InChI is InChI=1S/C12H24N2O2.ClH/c1-9(5-7-16-3)14-12(15)11-4-6-13-10(2)8-11;/h9-11,13H,4-8H2,1-3H3,(H,14,15);1H/t9?,10-,11-;/m0./s1. The van der Waals surface area contributed by atoms with E-state index >= 15 is 0 Å². The van der Waals surface area contributed by atoms with Crippen molar-refractivity contribution in [1.29, 1.82) is 0 Å². The molecule has 5 heteroatoms. The quantitative estimate of drug-likeness (QED) is 0.788. The molecule has 1 fully saturated rings. The maximum absolute atomic E-state index is 11.9. The van der Waals surface area contributed by atoms with E-state index in [1.54, 1.807) is 7.11 Å². The fourth-order valence-corrected chi connectivity index (χ4v) is 2.10. The van der Waals surface area contributed by atoms with Gasteiger partial charge in [-0.2, -0.15) is 0 Å². The van der Waals surface area contributed by atoms with Gasteiger partial charge in [-0.15, -0.1) is 12.4 Å². The third-order valence-corrected chi connectivity index (χ3v) is 3.14. The summed E-state index contributed by atoms with van der Waals surface area (Å²) in [5, 5.41) is 6.41. The number of ether oxygens (including phenoxy) is 1. The molecule has 1 saturated heterocycles. The zero-order valence-corrected chi connectivity index (χ0v) is 11.8. The van der Waals surface area contributed by atoms with Crippen LogP contribution in [0.4, 0.5) is 0 Å². The third-order valence-electron chi connectivity index (χ3n) is 3.14. The minimum Gasteiger partial charge on any atom is -0.385 e. The molecule has 1 aliphatic heterocycles. The van der Waals surface area contributed by atoms with Crippen LogP contribution in [-0.2, 0) is 9.53 Å². The van der Waals surface area contributed by atoms with E-state index in [-0.39, 0.29) is 30.3 Å². The molecular formula is C12H25ClN2O2. The lowest BCUT2D eigenvalue weighted by atomic mass is 9.92. The predicted molar refractivity (Wildman–Crippen MR) is 71.5 cm³/mol. The van der Waals surface area contributed by atoms with E-state index in [9.17, 15) is 4.79 Å². The van der Waals surface area contributed by atoms with Crippen molar-refractivity contribution in [3.8, 4) is 0 Å². The van der Waals surface area contributed by atoms with E-state index < -0.39 is 0 Å². The lowest BCUT2D eigenvalue weighted by molar-refractivity contribution is -0.126. The number of piperidine rings is 1. The van der Waals surface area contributed by atoms with Gasteiger partial charge in [-0.05, 0) is 39.7 Å². The second-order valence-electron chi connectivity index (χ2n) is 4.77. The fourth-order valence-electron chi connectivity index (χ4n) is 2.10. The van der Waals surface area contributed by atoms with Gasteiger partial charge in [0.1, 0.15) is 0 Å². The second-order valence-corrected chi connectivity index (χ2v) is 4.77. The van der Waals surface area contributed by atoms with Crippen LogP contribution in [0.25, 0.3) is 0 Å². The van der Waals surface area contributed by atoms with Gasteiger partial charge < -0.3 is 15.4 Å². The maximum Gasteiger partial charge on any atom is 0.223 e. The van der Waals surface area contributed by atoms with Crippen LogP contribution in [0.5, 0.6) is 0 Å². The van der Waals surface area contributed by atoms with Crippen LogP contribution in [0.2, 0.25) is 0 Å². The molecule has 3 atom stereocenters. The van der Waals surface area contributed by atoms with Gasteiger partial charge >= 0.3 is 0 Å². The summed E-state index contributed by atoms with van der Waals surface area (Å²) in [5.74, 6) is 0.387. The van der Waals surface area contributed by atoms with Gasteiger partial charge in [0.15, 0.2) is 0 Å². The molecule has 2 N–H and O–H groups in total. The molecule has 0 saturated carbocycles.